The second-order valence-electron chi connectivity index (χ2n) is 7.56. The Labute approximate surface area is 168 Å². The van der Waals surface area contributed by atoms with E-state index in [1.165, 1.54) is 0 Å². The molecule has 0 radical (unpaired) electrons. The molecule has 0 atom stereocenters. The molecular formula is C25H20N2O2. The van der Waals surface area contributed by atoms with Crippen LogP contribution < -0.4 is 0 Å². The molecule has 1 aliphatic rings. The summed E-state index contributed by atoms with van der Waals surface area (Å²) in [6, 6.07) is 20.0. The van der Waals surface area contributed by atoms with Crippen LogP contribution >= 0.6 is 0 Å². The minimum atomic E-state index is -0.915. The van der Waals surface area contributed by atoms with Crippen LogP contribution in [0.1, 0.15) is 45.9 Å². The summed E-state index contributed by atoms with van der Waals surface area (Å²) < 4.78 is 0. The van der Waals surface area contributed by atoms with E-state index >= 15 is 0 Å². The normalized spacial score (nSPS) is 13.5. The van der Waals surface area contributed by atoms with Gasteiger partial charge in [-0.3, -0.25) is 9.97 Å². The molecule has 0 saturated heterocycles. The predicted octanol–water partition coefficient (Wildman–Crippen LogP) is 5.46. The summed E-state index contributed by atoms with van der Waals surface area (Å²) in [4.78, 5) is 21.0. The van der Waals surface area contributed by atoms with Crippen molar-refractivity contribution < 1.29 is 9.90 Å². The Kier molecular flexibility index (Phi) is 4.32. The maximum Gasteiger partial charge on any atom is 0.337 e. The average molecular weight is 380 g/mol. The van der Waals surface area contributed by atoms with E-state index in [0.29, 0.717) is 23.6 Å². The van der Waals surface area contributed by atoms with Gasteiger partial charge in [0, 0.05) is 29.8 Å². The minimum absolute atomic E-state index is 0.309. The monoisotopic (exact) mass is 380 g/mol. The molecule has 142 valence electrons. The van der Waals surface area contributed by atoms with Crippen LogP contribution in [0, 0.1) is 0 Å². The fraction of sp³-hybridized carbons (Fsp3) is 0.160. The van der Waals surface area contributed by atoms with Gasteiger partial charge in [-0.15, -0.1) is 0 Å². The zero-order chi connectivity index (χ0) is 19.8. The van der Waals surface area contributed by atoms with Gasteiger partial charge in [-0.2, -0.15) is 0 Å². The molecular weight excluding hydrogens is 360 g/mol. The van der Waals surface area contributed by atoms with Crippen LogP contribution in [0.3, 0.4) is 0 Å². The fourth-order valence-corrected chi connectivity index (χ4v) is 3.91. The highest BCUT2D eigenvalue weighted by Gasteiger charge is 2.26. The lowest BCUT2D eigenvalue weighted by Gasteiger charge is -2.12. The molecule has 1 fully saturated rings. The van der Waals surface area contributed by atoms with Gasteiger partial charge in [0.25, 0.3) is 0 Å². The van der Waals surface area contributed by atoms with Crippen LogP contribution in [-0.4, -0.2) is 21.0 Å². The molecule has 1 N–H and O–H groups in total. The van der Waals surface area contributed by atoms with Crippen LogP contribution in [0.4, 0.5) is 0 Å². The van der Waals surface area contributed by atoms with Crippen molar-refractivity contribution in [1.82, 2.24) is 9.97 Å². The largest absolute Gasteiger partial charge is 0.478 e. The van der Waals surface area contributed by atoms with Crippen molar-refractivity contribution >= 4 is 16.7 Å². The number of carboxylic acids is 1. The third-order valence-electron chi connectivity index (χ3n) is 5.57. The molecule has 4 heteroatoms. The lowest BCUT2D eigenvalue weighted by molar-refractivity contribution is 0.0695. The standard InChI is InChI=1S/C25H20N2O2/c28-25(29)22-13-19(16-9-10-16)15-27-23(22)14-18-7-4-8-21-20(18)11-12-26-24(21)17-5-2-1-3-6-17/h1-8,11-13,15-16H,9-10,14H2,(H,28,29). The SMILES string of the molecule is O=C(O)c1cc(C2CC2)cnc1Cc1cccc2c(-c3ccccc3)nccc12. The van der Waals surface area contributed by atoms with Crippen LogP contribution in [0.15, 0.2) is 73.1 Å². The molecule has 1 saturated carbocycles. The lowest BCUT2D eigenvalue weighted by Crippen LogP contribution is -2.07. The van der Waals surface area contributed by atoms with Crippen molar-refractivity contribution in [3.63, 3.8) is 0 Å². The number of hydrogen-bond acceptors (Lipinski definition) is 3. The van der Waals surface area contributed by atoms with Crippen LogP contribution in [0.5, 0.6) is 0 Å². The first kappa shape index (κ1) is 17.6. The molecule has 0 amide bonds. The first-order valence-electron chi connectivity index (χ1n) is 9.85. The molecule has 0 spiro atoms. The van der Waals surface area contributed by atoms with E-state index in [1.54, 1.807) is 0 Å². The van der Waals surface area contributed by atoms with Gasteiger partial charge in [0.15, 0.2) is 0 Å². The molecule has 0 unspecified atom stereocenters. The number of benzene rings is 2. The number of pyridine rings is 2. The summed E-state index contributed by atoms with van der Waals surface area (Å²) in [6.07, 6.45) is 6.39. The molecule has 1 aliphatic carbocycles. The Morgan fingerprint density at radius 2 is 1.79 bits per heavy atom. The third kappa shape index (κ3) is 3.38. The second-order valence-corrected chi connectivity index (χ2v) is 7.56. The summed E-state index contributed by atoms with van der Waals surface area (Å²) in [5.74, 6) is -0.436. The van der Waals surface area contributed by atoms with E-state index in [1.807, 2.05) is 54.9 Å². The zero-order valence-corrected chi connectivity index (χ0v) is 15.9. The second kappa shape index (κ2) is 7.13. The van der Waals surface area contributed by atoms with Crippen LogP contribution in [0.2, 0.25) is 0 Å². The van der Waals surface area contributed by atoms with E-state index in [2.05, 4.69) is 28.2 Å². The smallest absolute Gasteiger partial charge is 0.337 e. The summed E-state index contributed by atoms with van der Waals surface area (Å²) in [5.41, 5.74) is 5.00. The van der Waals surface area contributed by atoms with Gasteiger partial charge in [-0.25, -0.2) is 4.79 Å². The van der Waals surface area contributed by atoms with Crippen LogP contribution in [-0.2, 0) is 6.42 Å². The highest BCUT2D eigenvalue weighted by atomic mass is 16.4. The average Bonchev–Trinajstić information content (AvgIpc) is 3.60. The molecule has 0 bridgehead atoms. The van der Waals surface area contributed by atoms with Crippen molar-refractivity contribution in [1.29, 1.82) is 0 Å². The Balaban J connectivity index is 1.59. The fourth-order valence-electron chi connectivity index (χ4n) is 3.91. The Hall–Kier alpha value is -3.53. The van der Waals surface area contributed by atoms with Gasteiger partial charge in [0.05, 0.1) is 17.0 Å². The molecule has 29 heavy (non-hydrogen) atoms. The summed E-state index contributed by atoms with van der Waals surface area (Å²) in [5, 5.41) is 11.9. The summed E-state index contributed by atoms with van der Waals surface area (Å²) in [7, 11) is 0. The first-order chi connectivity index (χ1) is 14.2. The van der Waals surface area contributed by atoms with Crippen LogP contribution in [0.25, 0.3) is 22.0 Å². The molecule has 4 nitrogen and oxygen atoms in total. The van der Waals surface area contributed by atoms with E-state index in [0.717, 1.165) is 46.0 Å². The quantitative estimate of drug-likeness (QED) is 0.499. The Morgan fingerprint density at radius 3 is 2.55 bits per heavy atom. The molecule has 4 aromatic rings. The van der Waals surface area contributed by atoms with E-state index < -0.39 is 5.97 Å². The topological polar surface area (TPSA) is 63.1 Å². The molecule has 2 heterocycles. The van der Waals surface area contributed by atoms with Crippen molar-refractivity contribution in [3.05, 3.63) is 95.4 Å². The summed E-state index contributed by atoms with van der Waals surface area (Å²) >= 11 is 0. The zero-order valence-electron chi connectivity index (χ0n) is 15.9. The van der Waals surface area contributed by atoms with Gasteiger partial charge in [-0.1, -0.05) is 48.5 Å². The van der Waals surface area contributed by atoms with Gasteiger partial charge < -0.3 is 5.11 Å². The van der Waals surface area contributed by atoms with Crippen molar-refractivity contribution in [3.8, 4) is 11.3 Å². The predicted molar refractivity (Wildman–Crippen MR) is 113 cm³/mol. The Bertz CT molecular complexity index is 1210. The number of rotatable bonds is 5. The summed E-state index contributed by atoms with van der Waals surface area (Å²) in [6.45, 7) is 0. The van der Waals surface area contributed by atoms with Crippen molar-refractivity contribution in [2.75, 3.05) is 0 Å². The number of nitrogens with zero attached hydrogens (tertiary/aromatic N) is 2. The lowest BCUT2D eigenvalue weighted by atomic mass is 9.96. The number of hydrogen-bond donors (Lipinski definition) is 1. The highest BCUT2D eigenvalue weighted by molar-refractivity contribution is 5.96. The number of fused-ring (bicyclic) bond motifs is 1. The van der Waals surface area contributed by atoms with Gasteiger partial charge >= 0.3 is 5.97 Å². The highest BCUT2D eigenvalue weighted by Crippen LogP contribution is 2.40. The maximum absolute atomic E-state index is 11.9. The molecule has 0 aliphatic heterocycles. The molecule has 2 aromatic carbocycles. The third-order valence-corrected chi connectivity index (χ3v) is 5.57. The molecule has 5 rings (SSSR count). The minimum Gasteiger partial charge on any atom is -0.478 e. The van der Waals surface area contributed by atoms with Gasteiger partial charge in [0.2, 0.25) is 0 Å². The van der Waals surface area contributed by atoms with Gasteiger partial charge in [-0.05, 0) is 47.4 Å². The van der Waals surface area contributed by atoms with Crippen molar-refractivity contribution in [2.45, 2.75) is 25.2 Å². The van der Waals surface area contributed by atoms with E-state index in [4.69, 9.17) is 0 Å². The maximum atomic E-state index is 11.9. The van der Waals surface area contributed by atoms with Crippen molar-refractivity contribution in [2.24, 2.45) is 0 Å². The first-order valence-corrected chi connectivity index (χ1v) is 9.85. The molecule has 2 aromatic heterocycles. The number of aromatic carboxylic acids is 1. The Morgan fingerprint density at radius 1 is 0.966 bits per heavy atom. The van der Waals surface area contributed by atoms with E-state index in [-0.39, 0.29) is 0 Å². The number of carboxylic acid groups (broad SMARTS) is 1. The van der Waals surface area contributed by atoms with E-state index in [9.17, 15) is 9.90 Å². The van der Waals surface area contributed by atoms with Gasteiger partial charge in [0.1, 0.15) is 0 Å². The number of carbonyl (C=O) groups is 1. The number of aromatic nitrogens is 2.